The predicted octanol–water partition coefficient (Wildman–Crippen LogP) is 7.03. The van der Waals surface area contributed by atoms with E-state index in [1.165, 1.54) is 18.1 Å². The molecule has 1 amide bonds. The summed E-state index contributed by atoms with van der Waals surface area (Å²) >= 11 is 0.924. The van der Waals surface area contributed by atoms with Crippen LogP contribution in [0.4, 0.5) is 5.13 Å². The number of unbranched alkanes of at least 4 members (excludes halogenated alkanes) is 1. The maximum absolute atomic E-state index is 13.7. The third-order valence-electron chi connectivity index (χ3n) is 7.30. The lowest BCUT2D eigenvalue weighted by atomic mass is 9.95. The second-order valence-corrected chi connectivity index (χ2v) is 12.1. The molecule has 0 saturated carbocycles. The van der Waals surface area contributed by atoms with Gasteiger partial charge >= 0.3 is 11.9 Å². The molecular formula is C35H40N2O8S. The van der Waals surface area contributed by atoms with E-state index in [4.69, 9.17) is 18.9 Å². The van der Waals surface area contributed by atoms with Crippen molar-refractivity contribution in [1.29, 1.82) is 0 Å². The molecule has 46 heavy (non-hydrogen) atoms. The number of rotatable bonds is 15. The van der Waals surface area contributed by atoms with Crippen molar-refractivity contribution in [2.75, 3.05) is 31.8 Å². The predicted molar refractivity (Wildman–Crippen MR) is 177 cm³/mol. The lowest BCUT2D eigenvalue weighted by molar-refractivity contribution is -0.132. The smallest absolute Gasteiger partial charge is 0.350 e. The van der Waals surface area contributed by atoms with E-state index in [9.17, 15) is 19.5 Å². The van der Waals surface area contributed by atoms with Crippen molar-refractivity contribution in [3.05, 3.63) is 82.4 Å². The lowest BCUT2D eigenvalue weighted by Gasteiger charge is -2.24. The Morgan fingerprint density at radius 2 is 1.85 bits per heavy atom. The van der Waals surface area contributed by atoms with E-state index in [1.807, 2.05) is 0 Å². The molecule has 1 aliphatic heterocycles. The number of carbonyl (C=O) groups is 3. The summed E-state index contributed by atoms with van der Waals surface area (Å²) in [6.45, 7) is 12.5. The highest BCUT2D eigenvalue weighted by Crippen LogP contribution is 2.45. The molecule has 1 atom stereocenters. The minimum Gasteiger partial charge on any atom is -0.507 e. The van der Waals surface area contributed by atoms with Gasteiger partial charge in [-0.25, -0.2) is 9.78 Å². The summed E-state index contributed by atoms with van der Waals surface area (Å²) in [7, 11) is 1.50. The number of aliphatic hydroxyl groups is 1. The molecule has 0 radical (unpaired) electrons. The fourth-order valence-electron chi connectivity index (χ4n) is 4.80. The van der Waals surface area contributed by atoms with E-state index in [-0.39, 0.29) is 27.9 Å². The molecule has 3 aromatic rings. The number of nitrogens with zero attached hydrogens (tertiary/aromatic N) is 2. The molecule has 2 aromatic carbocycles. The van der Waals surface area contributed by atoms with Gasteiger partial charge in [-0.2, -0.15) is 0 Å². The lowest BCUT2D eigenvalue weighted by Crippen LogP contribution is -2.29. The average Bonchev–Trinajstić information content (AvgIpc) is 3.55. The molecule has 0 bridgehead atoms. The first-order chi connectivity index (χ1) is 22.1. The summed E-state index contributed by atoms with van der Waals surface area (Å²) in [5, 5.41) is 11.7. The minimum absolute atomic E-state index is 0.00381. The van der Waals surface area contributed by atoms with Crippen LogP contribution in [0.15, 0.2) is 60.7 Å². The normalized spacial score (nSPS) is 15.7. The van der Waals surface area contributed by atoms with E-state index in [0.717, 1.165) is 30.6 Å². The van der Waals surface area contributed by atoms with Crippen LogP contribution < -0.4 is 19.1 Å². The number of amides is 1. The van der Waals surface area contributed by atoms with Crippen LogP contribution in [0.2, 0.25) is 0 Å². The van der Waals surface area contributed by atoms with Crippen molar-refractivity contribution in [3.63, 3.8) is 0 Å². The van der Waals surface area contributed by atoms with Gasteiger partial charge in [0.1, 0.15) is 23.0 Å². The van der Waals surface area contributed by atoms with Gasteiger partial charge < -0.3 is 24.1 Å². The number of Topliss-reactive ketones (excluding diaryl/α,β-unsaturated/α-hetero) is 1. The summed E-state index contributed by atoms with van der Waals surface area (Å²) in [6, 6.07) is 10.7. The summed E-state index contributed by atoms with van der Waals surface area (Å²) in [6.07, 6.45) is 4.18. The first-order valence-electron chi connectivity index (χ1n) is 15.2. The van der Waals surface area contributed by atoms with Gasteiger partial charge in [0.2, 0.25) is 0 Å². The van der Waals surface area contributed by atoms with Gasteiger partial charge in [0.25, 0.3) is 5.78 Å². The van der Waals surface area contributed by atoms with Crippen LogP contribution in [0.1, 0.15) is 72.6 Å². The number of aliphatic hydroxyl groups excluding tert-OH is 1. The fourth-order valence-corrected chi connectivity index (χ4v) is 5.78. The highest BCUT2D eigenvalue weighted by atomic mass is 32.1. The molecule has 1 fully saturated rings. The molecule has 1 saturated heterocycles. The van der Waals surface area contributed by atoms with Crippen LogP contribution in [0.5, 0.6) is 17.2 Å². The van der Waals surface area contributed by atoms with Crippen molar-refractivity contribution in [2.45, 2.75) is 53.0 Å². The summed E-state index contributed by atoms with van der Waals surface area (Å²) in [4.78, 5) is 46.0. The zero-order valence-electron chi connectivity index (χ0n) is 26.8. The van der Waals surface area contributed by atoms with Gasteiger partial charge in [-0.15, -0.1) is 0 Å². The van der Waals surface area contributed by atoms with Crippen molar-refractivity contribution >= 4 is 39.9 Å². The standard InChI is InChI=1S/C35H40N2O8S/c1-7-9-18-43-25-13-10-23(11-14-25)30(38)28-29(24-12-15-26(27(20-24)42-6)44-19-16-21(3)4)37(33(40)31(28)39)35-36-22(5)32(46-35)34(41)45-17-8-2/h8,10-15,20-21,29,38H,2,7,9,16-19H2,1,3-6H3/b30-28+. The molecule has 10 nitrogen and oxygen atoms in total. The van der Waals surface area contributed by atoms with E-state index >= 15 is 0 Å². The van der Waals surface area contributed by atoms with Crippen molar-refractivity contribution in [2.24, 2.45) is 5.92 Å². The SMILES string of the molecule is C=CCOC(=O)c1sc(N2C(=O)C(=O)/C(=C(/O)c3ccc(OCCCC)cc3)C2c2ccc(OCCC(C)C)c(OC)c2)nc1C. The molecule has 0 spiro atoms. The maximum Gasteiger partial charge on any atom is 0.350 e. The molecule has 4 rings (SSSR count). The van der Waals surface area contributed by atoms with Crippen molar-refractivity contribution < 1.29 is 38.4 Å². The molecule has 11 heteroatoms. The zero-order valence-corrected chi connectivity index (χ0v) is 27.6. The molecular weight excluding hydrogens is 608 g/mol. The molecule has 2 heterocycles. The Kier molecular flexibility index (Phi) is 11.6. The largest absolute Gasteiger partial charge is 0.507 e. The Morgan fingerprint density at radius 1 is 1.11 bits per heavy atom. The molecule has 1 aromatic heterocycles. The molecule has 1 N–H and O–H groups in total. The Hall–Kier alpha value is -4.64. The number of hydrogen-bond donors (Lipinski definition) is 1. The van der Waals surface area contributed by atoms with Crippen LogP contribution >= 0.6 is 11.3 Å². The second-order valence-electron chi connectivity index (χ2n) is 11.1. The number of carbonyl (C=O) groups excluding carboxylic acids is 3. The number of aryl methyl sites for hydroxylation is 1. The first-order valence-corrected chi connectivity index (χ1v) is 16.0. The number of anilines is 1. The number of aromatic nitrogens is 1. The molecule has 1 aliphatic rings. The van der Waals surface area contributed by atoms with E-state index in [2.05, 4.69) is 32.3 Å². The monoisotopic (exact) mass is 648 g/mol. The van der Waals surface area contributed by atoms with Gasteiger partial charge in [-0.3, -0.25) is 14.5 Å². The molecule has 244 valence electrons. The Balaban J connectivity index is 1.82. The summed E-state index contributed by atoms with van der Waals surface area (Å²) < 4.78 is 22.5. The maximum atomic E-state index is 13.7. The Labute approximate surface area is 273 Å². The Bertz CT molecular complexity index is 1610. The van der Waals surface area contributed by atoms with Gasteiger partial charge in [-0.05, 0) is 67.6 Å². The van der Waals surface area contributed by atoms with Crippen LogP contribution in [0.3, 0.4) is 0 Å². The third-order valence-corrected chi connectivity index (χ3v) is 8.44. The van der Waals surface area contributed by atoms with Gasteiger partial charge in [0.05, 0.1) is 37.6 Å². The van der Waals surface area contributed by atoms with Gasteiger partial charge in [0.15, 0.2) is 16.6 Å². The first kappa shape index (κ1) is 34.2. The highest BCUT2D eigenvalue weighted by molar-refractivity contribution is 7.17. The molecule has 1 unspecified atom stereocenters. The number of esters is 1. The Morgan fingerprint density at radius 3 is 2.50 bits per heavy atom. The second kappa shape index (κ2) is 15.6. The number of methoxy groups -OCH3 is 1. The topological polar surface area (TPSA) is 124 Å². The van der Waals surface area contributed by atoms with Crippen molar-refractivity contribution in [1.82, 2.24) is 4.98 Å². The van der Waals surface area contributed by atoms with Gasteiger partial charge in [0, 0.05) is 5.56 Å². The summed E-state index contributed by atoms with van der Waals surface area (Å²) in [5.41, 5.74) is 0.996. The summed E-state index contributed by atoms with van der Waals surface area (Å²) in [5.74, 6) is -0.824. The van der Waals surface area contributed by atoms with Gasteiger partial charge in [-0.1, -0.05) is 57.3 Å². The highest BCUT2D eigenvalue weighted by Gasteiger charge is 2.48. The molecule has 0 aliphatic carbocycles. The van der Waals surface area contributed by atoms with Crippen LogP contribution in [-0.2, 0) is 14.3 Å². The van der Waals surface area contributed by atoms with Crippen LogP contribution in [0, 0.1) is 12.8 Å². The van der Waals surface area contributed by atoms with E-state index in [0.29, 0.717) is 53.2 Å². The third kappa shape index (κ3) is 7.59. The van der Waals surface area contributed by atoms with E-state index < -0.39 is 23.7 Å². The van der Waals surface area contributed by atoms with Crippen molar-refractivity contribution in [3.8, 4) is 17.2 Å². The van der Waals surface area contributed by atoms with Crippen LogP contribution in [-0.4, -0.2) is 54.7 Å². The number of hydrogen-bond acceptors (Lipinski definition) is 10. The minimum atomic E-state index is -1.10. The fraction of sp³-hybridized carbons (Fsp3) is 0.371. The zero-order chi connectivity index (χ0) is 33.4. The number of benzene rings is 2. The average molecular weight is 649 g/mol. The quantitative estimate of drug-likeness (QED) is 0.0462. The van der Waals surface area contributed by atoms with E-state index in [1.54, 1.807) is 49.4 Å². The number of ether oxygens (including phenoxy) is 4. The number of thiazole rings is 1. The number of ketones is 1. The van der Waals surface area contributed by atoms with Crippen LogP contribution in [0.25, 0.3) is 5.76 Å².